The maximum atomic E-state index is 8.70. The molecule has 1 aromatic rings. The molecule has 0 unspecified atom stereocenters. The standard InChI is InChI=1S/C10H10N4/c1-7(9(4-11)5-12)10-6-14(3)13-8(10)2/h6H,1-3H3. The molecule has 0 spiro atoms. The van der Waals surface area contributed by atoms with E-state index in [9.17, 15) is 0 Å². The fraction of sp³-hybridized carbons (Fsp3) is 0.300. The molecule has 0 aliphatic carbocycles. The summed E-state index contributed by atoms with van der Waals surface area (Å²) in [5.41, 5.74) is 2.50. The molecule has 0 amide bonds. The Bertz CT molecular complexity index is 449. The first-order valence-electron chi connectivity index (χ1n) is 4.11. The second-order valence-corrected chi connectivity index (χ2v) is 3.03. The van der Waals surface area contributed by atoms with Gasteiger partial charge in [0.15, 0.2) is 0 Å². The summed E-state index contributed by atoms with van der Waals surface area (Å²) in [4.78, 5) is 0. The van der Waals surface area contributed by atoms with Gasteiger partial charge < -0.3 is 0 Å². The first kappa shape index (κ1) is 10.0. The van der Waals surface area contributed by atoms with E-state index in [0.717, 1.165) is 11.3 Å². The number of hydrogen-bond acceptors (Lipinski definition) is 3. The van der Waals surface area contributed by atoms with E-state index in [2.05, 4.69) is 5.10 Å². The van der Waals surface area contributed by atoms with Crippen LogP contribution in [-0.4, -0.2) is 9.78 Å². The van der Waals surface area contributed by atoms with E-state index in [4.69, 9.17) is 10.5 Å². The van der Waals surface area contributed by atoms with Gasteiger partial charge in [0.2, 0.25) is 0 Å². The lowest BCUT2D eigenvalue weighted by Crippen LogP contribution is -1.86. The molecular formula is C10H10N4. The molecule has 4 nitrogen and oxygen atoms in total. The minimum atomic E-state index is 0.140. The third-order valence-corrected chi connectivity index (χ3v) is 2.02. The van der Waals surface area contributed by atoms with Crippen LogP contribution in [0.3, 0.4) is 0 Å². The Kier molecular flexibility index (Phi) is 2.69. The molecule has 0 saturated heterocycles. The Morgan fingerprint density at radius 1 is 1.43 bits per heavy atom. The van der Waals surface area contributed by atoms with E-state index < -0.39 is 0 Å². The number of rotatable bonds is 1. The van der Waals surface area contributed by atoms with Gasteiger partial charge in [-0.1, -0.05) is 0 Å². The molecule has 0 radical (unpaired) electrons. The monoisotopic (exact) mass is 186 g/mol. The maximum absolute atomic E-state index is 8.70. The average molecular weight is 186 g/mol. The Labute approximate surface area is 82.7 Å². The number of aromatic nitrogens is 2. The lowest BCUT2D eigenvalue weighted by Gasteiger charge is -1.96. The van der Waals surface area contributed by atoms with Crippen molar-refractivity contribution in [3.05, 3.63) is 23.0 Å². The number of allylic oxidation sites excluding steroid dienone is 2. The molecule has 4 heteroatoms. The van der Waals surface area contributed by atoms with E-state index in [1.54, 1.807) is 17.8 Å². The van der Waals surface area contributed by atoms with Gasteiger partial charge in [0.25, 0.3) is 0 Å². The van der Waals surface area contributed by atoms with Gasteiger partial charge in [-0.05, 0) is 19.4 Å². The fourth-order valence-corrected chi connectivity index (χ4v) is 1.30. The molecular weight excluding hydrogens is 176 g/mol. The van der Waals surface area contributed by atoms with Crippen LogP contribution >= 0.6 is 0 Å². The summed E-state index contributed by atoms with van der Waals surface area (Å²) in [6.45, 7) is 3.61. The van der Waals surface area contributed by atoms with Crippen molar-refractivity contribution in [1.29, 1.82) is 10.5 Å². The van der Waals surface area contributed by atoms with Crippen LogP contribution in [0.1, 0.15) is 18.2 Å². The van der Waals surface area contributed by atoms with Crippen molar-refractivity contribution in [2.75, 3.05) is 0 Å². The summed E-state index contributed by atoms with van der Waals surface area (Å²) in [7, 11) is 1.81. The van der Waals surface area contributed by atoms with Crippen molar-refractivity contribution in [3.8, 4) is 12.1 Å². The van der Waals surface area contributed by atoms with Crippen LogP contribution < -0.4 is 0 Å². The summed E-state index contributed by atoms with van der Waals surface area (Å²) in [6.07, 6.45) is 1.80. The molecule has 0 N–H and O–H groups in total. The molecule has 0 aromatic carbocycles. The molecule has 0 atom stereocenters. The highest BCUT2D eigenvalue weighted by Crippen LogP contribution is 2.19. The van der Waals surface area contributed by atoms with E-state index in [1.807, 2.05) is 26.1 Å². The molecule has 0 saturated carbocycles. The van der Waals surface area contributed by atoms with Gasteiger partial charge >= 0.3 is 0 Å². The zero-order valence-electron chi connectivity index (χ0n) is 8.37. The van der Waals surface area contributed by atoms with Gasteiger partial charge in [-0.3, -0.25) is 4.68 Å². The van der Waals surface area contributed by atoms with E-state index in [0.29, 0.717) is 5.57 Å². The molecule has 0 aliphatic rings. The minimum Gasteiger partial charge on any atom is -0.275 e. The van der Waals surface area contributed by atoms with Gasteiger partial charge in [0.1, 0.15) is 17.7 Å². The molecule has 14 heavy (non-hydrogen) atoms. The smallest absolute Gasteiger partial charge is 0.133 e. The van der Waals surface area contributed by atoms with Gasteiger partial charge in [-0.25, -0.2) is 0 Å². The van der Waals surface area contributed by atoms with Crippen molar-refractivity contribution in [3.63, 3.8) is 0 Å². The molecule has 0 fully saturated rings. The quantitative estimate of drug-likeness (QED) is 0.625. The van der Waals surface area contributed by atoms with Crippen LogP contribution in [-0.2, 0) is 7.05 Å². The zero-order valence-corrected chi connectivity index (χ0v) is 8.37. The third kappa shape index (κ3) is 1.65. The van der Waals surface area contributed by atoms with Gasteiger partial charge in [0, 0.05) is 18.8 Å². The predicted octanol–water partition coefficient (Wildman–Crippen LogP) is 1.55. The second kappa shape index (κ2) is 3.76. The maximum Gasteiger partial charge on any atom is 0.133 e. The highest BCUT2D eigenvalue weighted by molar-refractivity contribution is 5.74. The predicted molar refractivity (Wildman–Crippen MR) is 51.8 cm³/mol. The van der Waals surface area contributed by atoms with Gasteiger partial charge in [-0.15, -0.1) is 0 Å². The Morgan fingerprint density at radius 2 is 2.00 bits per heavy atom. The van der Waals surface area contributed by atoms with Crippen molar-refractivity contribution in [1.82, 2.24) is 9.78 Å². The Morgan fingerprint density at radius 3 is 2.36 bits per heavy atom. The molecule has 0 bridgehead atoms. The summed E-state index contributed by atoms with van der Waals surface area (Å²) < 4.78 is 1.67. The number of nitrogens with zero attached hydrogens (tertiary/aromatic N) is 4. The molecule has 70 valence electrons. The van der Waals surface area contributed by atoms with E-state index in [-0.39, 0.29) is 5.57 Å². The molecule has 1 rings (SSSR count). The van der Waals surface area contributed by atoms with Crippen LogP contribution in [0.4, 0.5) is 0 Å². The summed E-state index contributed by atoms with van der Waals surface area (Å²) in [5.74, 6) is 0. The lowest BCUT2D eigenvalue weighted by molar-refractivity contribution is 0.756. The van der Waals surface area contributed by atoms with Crippen molar-refractivity contribution < 1.29 is 0 Å². The van der Waals surface area contributed by atoms with Crippen molar-refractivity contribution in [2.24, 2.45) is 7.05 Å². The number of aryl methyl sites for hydroxylation is 2. The highest BCUT2D eigenvalue weighted by Gasteiger charge is 2.09. The zero-order chi connectivity index (χ0) is 10.7. The molecule has 1 aromatic heterocycles. The van der Waals surface area contributed by atoms with Crippen LogP contribution in [0, 0.1) is 29.6 Å². The fourth-order valence-electron chi connectivity index (χ4n) is 1.30. The minimum absolute atomic E-state index is 0.140. The molecule has 0 aliphatic heterocycles. The van der Waals surface area contributed by atoms with Gasteiger partial charge in [0.05, 0.1) is 5.69 Å². The largest absolute Gasteiger partial charge is 0.275 e. The van der Waals surface area contributed by atoms with E-state index in [1.165, 1.54) is 0 Å². The Hall–Kier alpha value is -2.07. The van der Waals surface area contributed by atoms with Crippen LogP contribution in [0.15, 0.2) is 11.8 Å². The highest BCUT2D eigenvalue weighted by atomic mass is 15.2. The van der Waals surface area contributed by atoms with Gasteiger partial charge in [-0.2, -0.15) is 15.6 Å². The second-order valence-electron chi connectivity index (χ2n) is 3.03. The number of nitriles is 2. The normalized spacial score (nSPS) is 8.93. The van der Waals surface area contributed by atoms with Crippen LogP contribution in [0.2, 0.25) is 0 Å². The Balaban J connectivity index is 3.33. The average Bonchev–Trinajstić information content (AvgIpc) is 2.47. The van der Waals surface area contributed by atoms with Crippen LogP contribution in [0.5, 0.6) is 0 Å². The lowest BCUT2D eigenvalue weighted by atomic mass is 10.0. The first-order valence-corrected chi connectivity index (χ1v) is 4.11. The summed E-state index contributed by atoms with van der Waals surface area (Å²) in [6, 6.07) is 3.74. The number of hydrogen-bond donors (Lipinski definition) is 0. The first-order chi connectivity index (χ1) is 6.60. The SMILES string of the molecule is CC(=C(C#N)C#N)c1cn(C)nc1C. The third-order valence-electron chi connectivity index (χ3n) is 2.02. The topological polar surface area (TPSA) is 65.4 Å². The van der Waals surface area contributed by atoms with Crippen molar-refractivity contribution in [2.45, 2.75) is 13.8 Å². The van der Waals surface area contributed by atoms with E-state index >= 15 is 0 Å². The summed E-state index contributed by atoms with van der Waals surface area (Å²) >= 11 is 0. The summed E-state index contributed by atoms with van der Waals surface area (Å²) in [5, 5.41) is 21.5. The van der Waals surface area contributed by atoms with Crippen LogP contribution in [0.25, 0.3) is 5.57 Å². The molecule has 1 heterocycles. The van der Waals surface area contributed by atoms with Crippen molar-refractivity contribution >= 4 is 5.57 Å².